The van der Waals surface area contributed by atoms with Gasteiger partial charge in [-0.05, 0) is 5.56 Å². The Hall–Kier alpha value is -2.97. The summed E-state index contributed by atoms with van der Waals surface area (Å²) in [6.45, 7) is 0.595. The third-order valence-corrected chi connectivity index (χ3v) is 7.18. The smallest absolute Gasteiger partial charge is 0.191 e. The van der Waals surface area contributed by atoms with E-state index in [0.29, 0.717) is 12.0 Å². The van der Waals surface area contributed by atoms with E-state index in [1.807, 2.05) is 91.0 Å². The highest BCUT2D eigenvalue weighted by Gasteiger charge is 2.32. The van der Waals surface area contributed by atoms with Gasteiger partial charge in [-0.15, -0.1) is 5.10 Å². The lowest BCUT2D eigenvalue weighted by molar-refractivity contribution is 0.592. The van der Waals surface area contributed by atoms with Crippen molar-refractivity contribution in [2.24, 2.45) is 0 Å². The summed E-state index contributed by atoms with van der Waals surface area (Å²) in [5.74, 6) is 0. The van der Waals surface area contributed by atoms with E-state index in [9.17, 15) is 4.57 Å². The molecule has 1 heterocycles. The quantitative estimate of drug-likeness (QED) is 0.515. The first kappa shape index (κ1) is 16.5. The van der Waals surface area contributed by atoms with Crippen LogP contribution in [0.4, 0.5) is 0 Å². The number of aromatic nitrogens is 3. The van der Waals surface area contributed by atoms with Gasteiger partial charge in [0.25, 0.3) is 0 Å². The average Bonchev–Trinajstić information content (AvgIpc) is 3.18. The van der Waals surface area contributed by atoms with Gasteiger partial charge in [0.15, 0.2) is 12.6 Å². The third kappa shape index (κ3) is 3.12. The zero-order valence-electron chi connectivity index (χ0n) is 14.1. The lowest BCUT2D eigenvalue weighted by atomic mass is 10.2. The Labute approximate surface area is 152 Å². The molecule has 0 saturated heterocycles. The highest BCUT2D eigenvalue weighted by molar-refractivity contribution is 7.85. The van der Waals surface area contributed by atoms with E-state index in [2.05, 4.69) is 10.3 Å². The molecule has 0 unspecified atom stereocenters. The Balaban J connectivity index is 1.78. The molecule has 0 spiro atoms. The molecule has 0 saturated carbocycles. The van der Waals surface area contributed by atoms with E-state index in [0.717, 1.165) is 16.2 Å². The molecule has 0 N–H and O–H groups in total. The summed E-state index contributed by atoms with van der Waals surface area (Å²) in [7, 11) is -3.05. The van der Waals surface area contributed by atoms with Gasteiger partial charge in [0.2, 0.25) is 0 Å². The van der Waals surface area contributed by atoms with Crippen molar-refractivity contribution in [3.63, 3.8) is 0 Å². The summed E-state index contributed by atoms with van der Waals surface area (Å²) in [6, 6.07) is 29.1. The zero-order valence-corrected chi connectivity index (χ0v) is 15.0. The van der Waals surface area contributed by atoms with Crippen LogP contribution in [0.1, 0.15) is 5.56 Å². The van der Waals surface area contributed by atoms with E-state index in [1.165, 1.54) is 0 Å². The van der Waals surface area contributed by atoms with E-state index < -0.39 is 7.14 Å². The zero-order chi connectivity index (χ0) is 17.8. The fourth-order valence-corrected chi connectivity index (χ4v) is 5.44. The third-order valence-electron chi connectivity index (χ3n) is 4.28. The molecule has 1 aromatic heterocycles. The number of benzene rings is 3. The van der Waals surface area contributed by atoms with Gasteiger partial charge in [0, 0.05) is 10.6 Å². The Morgan fingerprint density at radius 1 is 0.731 bits per heavy atom. The number of nitrogens with zero attached hydrogens (tertiary/aromatic N) is 3. The van der Waals surface area contributed by atoms with Crippen molar-refractivity contribution in [3.8, 4) is 0 Å². The summed E-state index contributed by atoms with van der Waals surface area (Å²) < 4.78 is 15.9. The van der Waals surface area contributed by atoms with Gasteiger partial charge in [-0.1, -0.05) is 96.2 Å². The topological polar surface area (TPSA) is 47.8 Å². The summed E-state index contributed by atoms with van der Waals surface area (Å²) in [4.78, 5) is 0. The summed E-state index contributed by atoms with van der Waals surface area (Å²) in [5.41, 5.74) is 1.63. The van der Waals surface area contributed by atoms with Crippen molar-refractivity contribution in [2.45, 2.75) is 6.54 Å². The van der Waals surface area contributed by atoms with Crippen LogP contribution in [0.3, 0.4) is 0 Å². The summed E-state index contributed by atoms with van der Waals surface area (Å²) >= 11 is 0. The van der Waals surface area contributed by atoms with Gasteiger partial charge in [-0.3, -0.25) is 0 Å². The fraction of sp³-hybridized carbons (Fsp3) is 0.0476. The minimum atomic E-state index is -3.05. The van der Waals surface area contributed by atoms with Crippen molar-refractivity contribution >= 4 is 23.2 Å². The number of hydrogen-bond donors (Lipinski definition) is 0. The van der Waals surface area contributed by atoms with E-state index in [4.69, 9.17) is 0 Å². The van der Waals surface area contributed by atoms with Crippen LogP contribution in [0, 0.1) is 0 Å². The van der Waals surface area contributed by atoms with E-state index in [-0.39, 0.29) is 0 Å². The second-order valence-corrected chi connectivity index (χ2v) is 8.75. The van der Waals surface area contributed by atoms with Crippen LogP contribution in [-0.2, 0) is 11.1 Å². The molecule has 0 fully saturated rings. The number of hydrogen-bond acceptors (Lipinski definition) is 3. The van der Waals surface area contributed by atoms with Gasteiger partial charge in [0.05, 0.1) is 12.7 Å². The van der Waals surface area contributed by atoms with Crippen LogP contribution in [0.5, 0.6) is 0 Å². The maximum atomic E-state index is 14.2. The molecule has 26 heavy (non-hydrogen) atoms. The van der Waals surface area contributed by atoms with Crippen molar-refractivity contribution < 1.29 is 4.57 Å². The van der Waals surface area contributed by atoms with Gasteiger partial charge in [-0.2, -0.15) is 0 Å². The molecule has 4 aromatic rings. The summed E-state index contributed by atoms with van der Waals surface area (Å²) in [6.07, 6.45) is 1.80. The first-order chi connectivity index (χ1) is 12.8. The van der Waals surface area contributed by atoms with E-state index >= 15 is 0 Å². The standard InChI is InChI=1S/C21H18N3OP/c25-26(19-12-6-2-7-13-19,20-14-8-3-9-15-20)21-17-24(23-22-21)16-18-10-4-1-5-11-18/h1-15,17H,16H2. The minimum Gasteiger partial charge on any atom is -0.307 e. The molecule has 128 valence electrons. The Morgan fingerprint density at radius 2 is 1.23 bits per heavy atom. The molecule has 5 heteroatoms. The molecule has 0 atom stereocenters. The molecule has 0 radical (unpaired) electrons. The molecular weight excluding hydrogens is 341 g/mol. The average molecular weight is 359 g/mol. The van der Waals surface area contributed by atoms with Crippen molar-refractivity contribution in [2.75, 3.05) is 0 Å². The monoisotopic (exact) mass is 359 g/mol. The Kier molecular flexibility index (Phi) is 4.51. The molecular formula is C21H18N3OP. The maximum absolute atomic E-state index is 14.2. The molecule has 0 aliphatic carbocycles. The predicted molar refractivity (Wildman–Crippen MR) is 105 cm³/mol. The minimum absolute atomic E-state index is 0.505. The Morgan fingerprint density at radius 3 is 1.77 bits per heavy atom. The molecule has 3 aromatic carbocycles. The largest absolute Gasteiger partial charge is 0.307 e. The maximum Gasteiger partial charge on any atom is 0.191 e. The molecule has 0 aliphatic rings. The SMILES string of the molecule is O=P(c1ccccc1)(c1ccccc1)c1cn(Cc2ccccc2)nn1. The lowest BCUT2D eigenvalue weighted by Crippen LogP contribution is -2.25. The first-order valence-corrected chi connectivity index (χ1v) is 10.1. The molecule has 4 rings (SSSR count). The van der Waals surface area contributed by atoms with Crippen molar-refractivity contribution in [3.05, 3.63) is 103 Å². The second-order valence-electron chi connectivity index (χ2n) is 6.04. The van der Waals surface area contributed by atoms with Crippen LogP contribution in [0.15, 0.2) is 97.2 Å². The first-order valence-electron chi connectivity index (χ1n) is 8.43. The summed E-state index contributed by atoms with van der Waals surface area (Å²) in [5, 5.41) is 10.0. The molecule has 0 amide bonds. The second kappa shape index (κ2) is 7.11. The highest BCUT2D eigenvalue weighted by Crippen LogP contribution is 2.41. The fourth-order valence-electron chi connectivity index (χ4n) is 2.97. The van der Waals surface area contributed by atoms with Crippen LogP contribution < -0.4 is 16.0 Å². The van der Waals surface area contributed by atoms with Crippen LogP contribution in [-0.4, -0.2) is 15.0 Å². The molecule has 0 aliphatic heterocycles. The highest BCUT2D eigenvalue weighted by atomic mass is 31.2. The Bertz CT molecular complexity index is 987. The molecule has 0 bridgehead atoms. The van der Waals surface area contributed by atoms with Crippen LogP contribution in [0.25, 0.3) is 0 Å². The van der Waals surface area contributed by atoms with Gasteiger partial charge >= 0.3 is 0 Å². The van der Waals surface area contributed by atoms with E-state index in [1.54, 1.807) is 10.9 Å². The van der Waals surface area contributed by atoms with Crippen LogP contribution >= 0.6 is 7.14 Å². The van der Waals surface area contributed by atoms with Crippen LogP contribution in [0.2, 0.25) is 0 Å². The van der Waals surface area contributed by atoms with Crippen molar-refractivity contribution in [1.29, 1.82) is 0 Å². The normalized spacial score (nSPS) is 11.4. The lowest BCUT2D eigenvalue weighted by Gasteiger charge is -2.16. The predicted octanol–water partition coefficient (Wildman–Crippen LogP) is 2.97. The van der Waals surface area contributed by atoms with Gasteiger partial charge in [0.1, 0.15) is 0 Å². The number of rotatable bonds is 5. The molecule has 4 nitrogen and oxygen atoms in total. The van der Waals surface area contributed by atoms with Gasteiger partial charge in [-0.25, -0.2) is 4.68 Å². The van der Waals surface area contributed by atoms with Gasteiger partial charge < -0.3 is 4.57 Å². The van der Waals surface area contributed by atoms with Crippen molar-refractivity contribution in [1.82, 2.24) is 15.0 Å².